The number of nitrogens with one attached hydrogen (secondary N) is 2. The molecule has 0 atom stereocenters. The SMILES string of the molecule is c1cc(-c2ccc3[nH]nnc3c2)c2cc[nH]c2n1. The Balaban J connectivity index is 2.03. The Morgan fingerprint density at radius 3 is 3.06 bits per heavy atom. The predicted octanol–water partition coefficient (Wildman–Crippen LogP) is 2.50. The summed E-state index contributed by atoms with van der Waals surface area (Å²) in [6.07, 6.45) is 3.71. The van der Waals surface area contributed by atoms with Gasteiger partial charge in [-0.3, -0.25) is 5.10 Å². The Morgan fingerprint density at radius 1 is 1.06 bits per heavy atom. The molecule has 0 fully saturated rings. The largest absolute Gasteiger partial charge is 0.346 e. The topological polar surface area (TPSA) is 70.2 Å². The van der Waals surface area contributed by atoms with Gasteiger partial charge in [-0.2, -0.15) is 0 Å². The summed E-state index contributed by atoms with van der Waals surface area (Å²) in [6.45, 7) is 0. The maximum atomic E-state index is 4.29. The Morgan fingerprint density at radius 2 is 2.06 bits per heavy atom. The van der Waals surface area contributed by atoms with Crippen LogP contribution in [0.25, 0.3) is 33.2 Å². The highest BCUT2D eigenvalue weighted by molar-refractivity contribution is 5.94. The Hall–Kier alpha value is -2.69. The van der Waals surface area contributed by atoms with E-state index in [1.807, 2.05) is 30.5 Å². The Kier molecular flexibility index (Phi) is 1.77. The lowest BCUT2D eigenvalue weighted by molar-refractivity contribution is 0.959. The van der Waals surface area contributed by atoms with Crippen LogP contribution in [-0.2, 0) is 0 Å². The van der Waals surface area contributed by atoms with Gasteiger partial charge in [0.25, 0.3) is 0 Å². The fraction of sp³-hybridized carbons (Fsp3) is 0. The smallest absolute Gasteiger partial charge is 0.137 e. The van der Waals surface area contributed by atoms with Crippen LogP contribution < -0.4 is 0 Å². The van der Waals surface area contributed by atoms with Crippen molar-refractivity contribution >= 4 is 22.1 Å². The highest BCUT2D eigenvalue weighted by Gasteiger charge is 2.06. The monoisotopic (exact) mass is 235 g/mol. The van der Waals surface area contributed by atoms with E-state index in [0.717, 1.165) is 33.2 Å². The van der Waals surface area contributed by atoms with E-state index < -0.39 is 0 Å². The number of fused-ring (bicyclic) bond motifs is 2. The molecular weight excluding hydrogens is 226 g/mol. The Bertz CT molecular complexity index is 842. The summed E-state index contributed by atoms with van der Waals surface area (Å²) in [5.74, 6) is 0. The number of nitrogens with zero attached hydrogens (tertiary/aromatic N) is 3. The number of rotatable bonds is 1. The van der Waals surface area contributed by atoms with Gasteiger partial charge in [0, 0.05) is 17.8 Å². The molecule has 0 radical (unpaired) electrons. The molecule has 0 aliphatic carbocycles. The van der Waals surface area contributed by atoms with Crippen LogP contribution in [0.5, 0.6) is 0 Å². The summed E-state index contributed by atoms with van der Waals surface area (Å²) < 4.78 is 0. The second-order valence-electron chi connectivity index (χ2n) is 4.14. The van der Waals surface area contributed by atoms with Gasteiger partial charge in [-0.05, 0) is 35.4 Å². The molecule has 3 heterocycles. The summed E-state index contributed by atoms with van der Waals surface area (Å²) in [6, 6.07) is 10.1. The zero-order valence-electron chi connectivity index (χ0n) is 9.38. The standard InChI is InChI=1S/C13H9N5/c1-2-11-12(17-18-16-11)7-8(1)9-3-5-14-13-10(9)4-6-15-13/h1-7H,(H,14,15)(H,16,17,18). The zero-order chi connectivity index (χ0) is 11.9. The molecule has 5 nitrogen and oxygen atoms in total. The minimum atomic E-state index is 0.869. The van der Waals surface area contributed by atoms with E-state index >= 15 is 0 Å². The van der Waals surface area contributed by atoms with Gasteiger partial charge < -0.3 is 4.98 Å². The highest BCUT2D eigenvalue weighted by Crippen LogP contribution is 2.28. The van der Waals surface area contributed by atoms with Crippen molar-refractivity contribution in [3.05, 3.63) is 42.7 Å². The molecule has 1 aromatic carbocycles. The van der Waals surface area contributed by atoms with Gasteiger partial charge in [0.05, 0.1) is 5.52 Å². The number of aromatic nitrogens is 5. The van der Waals surface area contributed by atoms with Crippen LogP contribution in [0.2, 0.25) is 0 Å². The summed E-state index contributed by atoms with van der Waals surface area (Å²) in [5, 5.41) is 11.8. The minimum Gasteiger partial charge on any atom is -0.346 e. The molecule has 0 saturated carbocycles. The molecule has 86 valence electrons. The average molecular weight is 235 g/mol. The molecule has 0 aliphatic rings. The number of H-pyrrole nitrogens is 2. The van der Waals surface area contributed by atoms with E-state index in [0.29, 0.717) is 0 Å². The van der Waals surface area contributed by atoms with Crippen molar-refractivity contribution in [2.45, 2.75) is 0 Å². The maximum absolute atomic E-state index is 4.29. The van der Waals surface area contributed by atoms with Crippen molar-refractivity contribution in [2.75, 3.05) is 0 Å². The number of aromatic amines is 2. The summed E-state index contributed by atoms with van der Waals surface area (Å²) in [5.41, 5.74) is 4.97. The third kappa shape index (κ3) is 1.24. The number of hydrogen-bond donors (Lipinski definition) is 2. The highest BCUT2D eigenvalue weighted by atomic mass is 15.3. The zero-order valence-corrected chi connectivity index (χ0v) is 9.38. The first kappa shape index (κ1) is 9.35. The molecule has 0 amide bonds. The van der Waals surface area contributed by atoms with Gasteiger partial charge in [-0.1, -0.05) is 11.3 Å². The third-order valence-electron chi connectivity index (χ3n) is 3.10. The Labute approximate surface area is 102 Å². The molecule has 0 unspecified atom stereocenters. The van der Waals surface area contributed by atoms with E-state index in [-0.39, 0.29) is 0 Å². The van der Waals surface area contributed by atoms with E-state index in [1.165, 1.54) is 0 Å². The van der Waals surface area contributed by atoms with E-state index in [9.17, 15) is 0 Å². The first-order chi connectivity index (χ1) is 8.92. The lowest BCUT2D eigenvalue weighted by atomic mass is 10.0. The molecular formula is C13H9N5. The molecule has 5 heteroatoms. The second-order valence-corrected chi connectivity index (χ2v) is 4.14. The van der Waals surface area contributed by atoms with Gasteiger partial charge in [0.2, 0.25) is 0 Å². The van der Waals surface area contributed by atoms with Gasteiger partial charge in [-0.25, -0.2) is 4.98 Å². The van der Waals surface area contributed by atoms with E-state index in [2.05, 4.69) is 31.4 Å². The van der Waals surface area contributed by atoms with Gasteiger partial charge >= 0.3 is 0 Å². The van der Waals surface area contributed by atoms with Crippen LogP contribution in [0.1, 0.15) is 0 Å². The quantitative estimate of drug-likeness (QED) is 0.532. The summed E-state index contributed by atoms with van der Waals surface area (Å²) in [4.78, 5) is 7.41. The van der Waals surface area contributed by atoms with Gasteiger partial charge in [0.1, 0.15) is 11.2 Å². The fourth-order valence-corrected chi connectivity index (χ4v) is 2.22. The normalized spacial score (nSPS) is 11.3. The first-order valence-electron chi connectivity index (χ1n) is 5.65. The molecule has 2 N–H and O–H groups in total. The molecule has 0 bridgehead atoms. The molecule has 0 aliphatic heterocycles. The second kappa shape index (κ2) is 3.40. The molecule has 3 aromatic heterocycles. The van der Waals surface area contributed by atoms with Crippen LogP contribution in [0.4, 0.5) is 0 Å². The number of pyridine rings is 1. The van der Waals surface area contributed by atoms with Crippen LogP contribution in [-0.4, -0.2) is 25.4 Å². The lowest BCUT2D eigenvalue weighted by Gasteiger charge is -2.02. The molecule has 0 spiro atoms. The fourth-order valence-electron chi connectivity index (χ4n) is 2.22. The van der Waals surface area contributed by atoms with E-state index in [4.69, 9.17) is 0 Å². The summed E-state index contributed by atoms with van der Waals surface area (Å²) >= 11 is 0. The van der Waals surface area contributed by atoms with Crippen molar-refractivity contribution in [3.63, 3.8) is 0 Å². The maximum Gasteiger partial charge on any atom is 0.137 e. The predicted molar refractivity (Wildman–Crippen MR) is 69.0 cm³/mol. The van der Waals surface area contributed by atoms with Gasteiger partial charge in [-0.15, -0.1) is 5.10 Å². The molecule has 0 saturated heterocycles. The molecule has 18 heavy (non-hydrogen) atoms. The van der Waals surface area contributed by atoms with Crippen LogP contribution in [0, 0.1) is 0 Å². The van der Waals surface area contributed by atoms with Crippen molar-refractivity contribution in [2.24, 2.45) is 0 Å². The lowest BCUT2D eigenvalue weighted by Crippen LogP contribution is -1.82. The van der Waals surface area contributed by atoms with Gasteiger partial charge in [0.15, 0.2) is 0 Å². The van der Waals surface area contributed by atoms with E-state index in [1.54, 1.807) is 6.20 Å². The van der Waals surface area contributed by atoms with Crippen LogP contribution >= 0.6 is 0 Å². The van der Waals surface area contributed by atoms with Crippen LogP contribution in [0.3, 0.4) is 0 Å². The number of benzene rings is 1. The molecule has 4 aromatic rings. The summed E-state index contributed by atoms with van der Waals surface area (Å²) in [7, 11) is 0. The van der Waals surface area contributed by atoms with Crippen molar-refractivity contribution in [1.82, 2.24) is 25.4 Å². The first-order valence-corrected chi connectivity index (χ1v) is 5.65. The minimum absolute atomic E-state index is 0.869. The third-order valence-corrected chi connectivity index (χ3v) is 3.10. The molecule has 4 rings (SSSR count). The van der Waals surface area contributed by atoms with Crippen LogP contribution in [0.15, 0.2) is 42.7 Å². The number of hydrogen-bond acceptors (Lipinski definition) is 3. The average Bonchev–Trinajstić information content (AvgIpc) is 3.05. The van der Waals surface area contributed by atoms with Crippen molar-refractivity contribution in [1.29, 1.82) is 0 Å². The van der Waals surface area contributed by atoms with Crippen molar-refractivity contribution in [3.8, 4) is 11.1 Å². The van der Waals surface area contributed by atoms with Crippen molar-refractivity contribution < 1.29 is 0 Å².